The second-order valence-electron chi connectivity index (χ2n) is 4.01. The van der Waals surface area contributed by atoms with Gasteiger partial charge in [0.05, 0.1) is 0 Å². The Morgan fingerprint density at radius 1 is 1.38 bits per heavy atom. The van der Waals surface area contributed by atoms with Gasteiger partial charge in [-0.3, -0.25) is 4.79 Å². The topological polar surface area (TPSA) is 17.1 Å². The zero-order chi connectivity index (χ0) is 9.42. The summed E-state index contributed by atoms with van der Waals surface area (Å²) >= 11 is 0. The number of hydrogen-bond donors (Lipinski definition) is 0. The Morgan fingerprint density at radius 3 is 2.85 bits per heavy atom. The van der Waals surface area contributed by atoms with Crippen LogP contribution in [0.1, 0.15) is 35.3 Å². The van der Waals surface area contributed by atoms with Crippen molar-refractivity contribution in [2.75, 3.05) is 0 Å². The lowest BCUT2D eigenvalue weighted by atomic mass is 10.0. The summed E-state index contributed by atoms with van der Waals surface area (Å²) in [7, 11) is 0. The van der Waals surface area contributed by atoms with E-state index >= 15 is 0 Å². The Bertz CT molecular complexity index is 352. The van der Waals surface area contributed by atoms with Gasteiger partial charge < -0.3 is 0 Å². The zero-order valence-corrected chi connectivity index (χ0v) is 8.13. The number of fused-ring (bicyclic) bond motifs is 1. The maximum atomic E-state index is 11.3. The van der Waals surface area contributed by atoms with E-state index in [4.69, 9.17) is 0 Å². The highest BCUT2D eigenvalue weighted by Crippen LogP contribution is 2.29. The molecule has 13 heavy (non-hydrogen) atoms. The predicted molar refractivity (Wildman–Crippen MR) is 53.0 cm³/mol. The lowest BCUT2D eigenvalue weighted by Gasteiger charge is -2.03. The lowest BCUT2D eigenvalue weighted by Crippen LogP contribution is -1.99. The predicted octanol–water partition coefficient (Wildman–Crippen LogP) is 2.62. The molecule has 0 fully saturated rings. The van der Waals surface area contributed by atoms with Gasteiger partial charge in [-0.1, -0.05) is 25.1 Å². The van der Waals surface area contributed by atoms with Crippen molar-refractivity contribution in [3.63, 3.8) is 0 Å². The van der Waals surface area contributed by atoms with Gasteiger partial charge in [-0.2, -0.15) is 0 Å². The van der Waals surface area contributed by atoms with E-state index in [-0.39, 0.29) is 5.78 Å². The normalized spacial score (nSPS) is 20.0. The van der Waals surface area contributed by atoms with Crippen LogP contribution in [-0.4, -0.2) is 5.78 Å². The molecule has 0 aromatic heterocycles. The summed E-state index contributed by atoms with van der Waals surface area (Å²) in [5.41, 5.74) is 3.60. The molecule has 0 heterocycles. The highest BCUT2D eigenvalue weighted by atomic mass is 16.1. The Hall–Kier alpha value is -1.11. The molecule has 0 saturated carbocycles. The summed E-state index contributed by atoms with van der Waals surface area (Å²) in [6, 6.07) is 6.08. The Balaban J connectivity index is 2.51. The maximum Gasteiger partial charge on any atom is 0.160 e. The highest BCUT2D eigenvalue weighted by molar-refractivity contribution is 5.96. The number of ketones is 1. The molecule has 1 aliphatic rings. The van der Waals surface area contributed by atoms with E-state index in [2.05, 4.69) is 13.0 Å². The largest absolute Gasteiger partial charge is 0.295 e. The van der Waals surface area contributed by atoms with Crippen molar-refractivity contribution in [1.82, 2.24) is 0 Å². The van der Waals surface area contributed by atoms with E-state index in [1.807, 2.05) is 12.1 Å². The van der Waals surface area contributed by atoms with Gasteiger partial charge in [-0.15, -0.1) is 0 Å². The molecule has 68 valence electrons. The van der Waals surface area contributed by atoms with Crippen LogP contribution >= 0.6 is 0 Å². The summed E-state index contributed by atoms with van der Waals surface area (Å²) in [5, 5.41) is 0. The fraction of sp³-hybridized carbons (Fsp3) is 0.417. The average Bonchev–Trinajstić information content (AvgIpc) is 2.43. The molecular formula is C12H14O. The molecule has 0 radical (unpaired) electrons. The van der Waals surface area contributed by atoms with Crippen LogP contribution in [0.15, 0.2) is 18.2 Å². The summed E-state index contributed by atoms with van der Waals surface area (Å²) in [5.74, 6) is 0.904. The van der Waals surface area contributed by atoms with Gasteiger partial charge in [0.15, 0.2) is 5.78 Å². The Labute approximate surface area is 78.8 Å². The molecule has 0 spiro atoms. The molecule has 0 bridgehead atoms. The molecule has 1 aromatic rings. The van der Waals surface area contributed by atoms with Gasteiger partial charge in [-0.05, 0) is 36.8 Å². The first-order valence-corrected chi connectivity index (χ1v) is 4.80. The second-order valence-corrected chi connectivity index (χ2v) is 4.01. The van der Waals surface area contributed by atoms with Gasteiger partial charge >= 0.3 is 0 Å². The van der Waals surface area contributed by atoms with E-state index in [0.29, 0.717) is 5.92 Å². The lowest BCUT2D eigenvalue weighted by molar-refractivity contribution is 0.101. The van der Waals surface area contributed by atoms with Crippen molar-refractivity contribution < 1.29 is 4.79 Å². The van der Waals surface area contributed by atoms with E-state index < -0.39 is 0 Å². The molecule has 1 atom stereocenters. The molecule has 0 N–H and O–H groups in total. The van der Waals surface area contributed by atoms with Gasteiger partial charge in [0, 0.05) is 5.56 Å². The molecule has 1 heteroatoms. The standard InChI is InChI=1S/C12H14O/c1-8-6-10-4-3-5-11(9(2)13)12(10)7-8/h3-5,8H,6-7H2,1-2H3/t8-/m0/s1. The van der Waals surface area contributed by atoms with Crippen molar-refractivity contribution in [3.05, 3.63) is 34.9 Å². The van der Waals surface area contributed by atoms with E-state index in [1.165, 1.54) is 11.1 Å². The molecule has 0 unspecified atom stereocenters. The smallest absolute Gasteiger partial charge is 0.160 e. The molecule has 0 aliphatic heterocycles. The fourth-order valence-corrected chi connectivity index (χ4v) is 2.19. The van der Waals surface area contributed by atoms with Crippen LogP contribution in [-0.2, 0) is 12.8 Å². The number of carbonyl (C=O) groups excluding carboxylic acids is 1. The molecule has 1 nitrogen and oxygen atoms in total. The van der Waals surface area contributed by atoms with Crippen LogP contribution in [0.5, 0.6) is 0 Å². The van der Waals surface area contributed by atoms with Crippen molar-refractivity contribution in [1.29, 1.82) is 0 Å². The third-order valence-corrected chi connectivity index (χ3v) is 2.77. The number of hydrogen-bond acceptors (Lipinski definition) is 1. The van der Waals surface area contributed by atoms with Crippen LogP contribution < -0.4 is 0 Å². The maximum absolute atomic E-state index is 11.3. The van der Waals surface area contributed by atoms with Crippen molar-refractivity contribution in [2.45, 2.75) is 26.7 Å². The monoisotopic (exact) mass is 174 g/mol. The third kappa shape index (κ3) is 1.39. The van der Waals surface area contributed by atoms with Gasteiger partial charge in [0.1, 0.15) is 0 Å². The van der Waals surface area contributed by atoms with Gasteiger partial charge in [0.25, 0.3) is 0 Å². The van der Waals surface area contributed by atoms with Crippen LogP contribution in [0, 0.1) is 5.92 Å². The number of carbonyl (C=O) groups is 1. The van der Waals surface area contributed by atoms with E-state index in [1.54, 1.807) is 6.92 Å². The minimum absolute atomic E-state index is 0.200. The zero-order valence-electron chi connectivity index (χ0n) is 8.13. The molecule has 2 rings (SSSR count). The second kappa shape index (κ2) is 2.99. The highest BCUT2D eigenvalue weighted by Gasteiger charge is 2.21. The number of rotatable bonds is 1. The van der Waals surface area contributed by atoms with Crippen molar-refractivity contribution in [2.24, 2.45) is 5.92 Å². The Morgan fingerprint density at radius 2 is 2.15 bits per heavy atom. The summed E-state index contributed by atoms with van der Waals surface area (Å²) in [6.07, 6.45) is 2.21. The quantitative estimate of drug-likeness (QED) is 0.598. The molecule has 1 aromatic carbocycles. The third-order valence-electron chi connectivity index (χ3n) is 2.77. The first kappa shape index (κ1) is 8.49. The number of benzene rings is 1. The average molecular weight is 174 g/mol. The molecule has 0 amide bonds. The van der Waals surface area contributed by atoms with Gasteiger partial charge in [0.2, 0.25) is 0 Å². The Kier molecular flexibility index (Phi) is 1.95. The van der Waals surface area contributed by atoms with Crippen LogP contribution in [0.2, 0.25) is 0 Å². The molecular weight excluding hydrogens is 160 g/mol. The fourth-order valence-electron chi connectivity index (χ4n) is 2.19. The van der Waals surface area contributed by atoms with Crippen molar-refractivity contribution in [3.8, 4) is 0 Å². The van der Waals surface area contributed by atoms with Crippen molar-refractivity contribution >= 4 is 5.78 Å². The molecule has 1 aliphatic carbocycles. The first-order valence-electron chi connectivity index (χ1n) is 4.80. The number of Topliss-reactive ketones (excluding diaryl/α,β-unsaturated/α-hetero) is 1. The van der Waals surface area contributed by atoms with Gasteiger partial charge in [-0.25, -0.2) is 0 Å². The summed E-state index contributed by atoms with van der Waals surface area (Å²) in [6.45, 7) is 3.89. The minimum Gasteiger partial charge on any atom is -0.295 e. The van der Waals surface area contributed by atoms with E-state index in [0.717, 1.165) is 18.4 Å². The van der Waals surface area contributed by atoms with Crippen LogP contribution in [0.4, 0.5) is 0 Å². The first-order chi connectivity index (χ1) is 6.18. The van der Waals surface area contributed by atoms with Crippen LogP contribution in [0.3, 0.4) is 0 Å². The van der Waals surface area contributed by atoms with Crippen LogP contribution in [0.25, 0.3) is 0 Å². The summed E-state index contributed by atoms with van der Waals surface area (Å²) in [4.78, 5) is 11.3. The minimum atomic E-state index is 0.200. The molecule has 0 saturated heterocycles. The summed E-state index contributed by atoms with van der Waals surface area (Å²) < 4.78 is 0. The SMILES string of the molecule is CC(=O)c1cccc2c1C[C@@H](C)C2. The van der Waals surface area contributed by atoms with E-state index in [9.17, 15) is 4.79 Å².